The summed E-state index contributed by atoms with van der Waals surface area (Å²) >= 11 is 0. The number of rotatable bonds is 4. The molecular weight excluding hydrogens is 182 g/mol. The minimum Gasteiger partial charge on any atom is -0.375 e. The molecule has 1 nitrogen and oxygen atoms in total. The van der Waals surface area contributed by atoms with E-state index in [9.17, 15) is 0 Å². The standard InChI is InChI=1S/C14H25N/c1-5-9-12(3)13(4)14(6-2)15-10-7-8-11-15/h5-6,9,12-13H,7-8,10-11H2,1-4H3/b9-5+,14-6+/t12-,13-/m1/s1. The van der Waals surface area contributed by atoms with Gasteiger partial charge in [0, 0.05) is 24.7 Å². The van der Waals surface area contributed by atoms with E-state index in [-0.39, 0.29) is 0 Å². The second-order valence-electron chi connectivity index (χ2n) is 4.58. The highest BCUT2D eigenvalue weighted by Crippen LogP contribution is 2.27. The van der Waals surface area contributed by atoms with Gasteiger partial charge in [0.15, 0.2) is 0 Å². The van der Waals surface area contributed by atoms with Gasteiger partial charge < -0.3 is 4.90 Å². The molecule has 0 amide bonds. The number of likely N-dealkylation sites (tertiary alicyclic amines) is 1. The minimum absolute atomic E-state index is 0.641. The van der Waals surface area contributed by atoms with Gasteiger partial charge in [-0.15, -0.1) is 0 Å². The Morgan fingerprint density at radius 1 is 1.13 bits per heavy atom. The summed E-state index contributed by atoms with van der Waals surface area (Å²) in [6, 6.07) is 0. The van der Waals surface area contributed by atoms with Crippen LogP contribution in [0.5, 0.6) is 0 Å². The normalized spacial score (nSPS) is 22.4. The van der Waals surface area contributed by atoms with Crippen molar-refractivity contribution >= 4 is 0 Å². The van der Waals surface area contributed by atoms with Gasteiger partial charge in [-0.1, -0.05) is 32.1 Å². The van der Waals surface area contributed by atoms with E-state index in [1.807, 2.05) is 0 Å². The zero-order valence-corrected chi connectivity index (χ0v) is 10.7. The van der Waals surface area contributed by atoms with Crippen LogP contribution in [0.2, 0.25) is 0 Å². The predicted molar refractivity (Wildman–Crippen MR) is 67.7 cm³/mol. The summed E-state index contributed by atoms with van der Waals surface area (Å²) in [4.78, 5) is 2.56. The third-order valence-corrected chi connectivity index (χ3v) is 3.52. The van der Waals surface area contributed by atoms with Crippen LogP contribution in [0.4, 0.5) is 0 Å². The molecule has 1 heteroatoms. The van der Waals surface area contributed by atoms with Crippen molar-refractivity contribution in [2.45, 2.75) is 40.5 Å². The molecule has 0 aromatic heterocycles. The van der Waals surface area contributed by atoms with E-state index in [2.05, 4.69) is 50.8 Å². The number of allylic oxidation sites excluding steroid dienone is 4. The van der Waals surface area contributed by atoms with Crippen molar-refractivity contribution in [1.29, 1.82) is 0 Å². The van der Waals surface area contributed by atoms with Crippen molar-refractivity contribution in [3.05, 3.63) is 23.9 Å². The fraction of sp³-hybridized carbons (Fsp3) is 0.714. The highest BCUT2D eigenvalue weighted by molar-refractivity contribution is 5.09. The van der Waals surface area contributed by atoms with E-state index in [0.717, 1.165) is 0 Å². The summed E-state index contributed by atoms with van der Waals surface area (Å²) in [5, 5.41) is 0. The van der Waals surface area contributed by atoms with Crippen molar-refractivity contribution in [2.24, 2.45) is 11.8 Å². The molecule has 1 heterocycles. The zero-order valence-electron chi connectivity index (χ0n) is 10.7. The molecule has 0 spiro atoms. The lowest BCUT2D eigenvalue weighted by molar-refractivity contribution is 0.340. The van der Waals surface area contributed by atoms with E-state index in [0.29, 0.717) is 11.8 Å². The predicted octanol–water partition coefficient (Wildman–Crippen LogP) is 3.83. The first-order valence-electron chi connectivity index (χ1n) is 6.24. The molecule has 0 saturated carbocycles. The first-order chi connectivity index (χ1) is 7.20. The van der Waals surface area contributed by atoms with Crippen LogP contribution in [0.25, 0.3) is 0 Å². The maximum absolute atomic E-state index is 2.56. The lowest BCUT2D eigenvalue weighted by Crippen LogP contribution is -2.25. The molecule has 0 aromatic rings. The van der Waals surface area contributed by atoms with Gasteiger partial charge in [-0.25, -0.2) is 0 Å². The monoisotopic (exact) mass is 207 g/mol. The van der Waals surface area contributed by atoms with Crippen LogP contribution in [0.1, 0.15) is 40.5 Å². The molecule has 2 atom stereocenters. The second-order valence-corrected chi connectivity index (χ2v) is 4.58. The topological polar surface area (TPSA) is 3.24 Å². The second kappa shape index (κ2) is 5.99. The van der Waals surface area contributed by atoms with Crippen LogP contribution < -0.4 is 0 Å². The van der Waals surface area contributed by atoms with Crippen LogP contribution in [0.3, 0.4) is 0 Å². The average Bonchev–Trinajstić information content (AvgIpc) is 2.72. The van der Waals surface area contributed by atoms with Crippen LogP contribution in [-0.2, 0) is 0 Å². The summed E-state index contributed by atoms with van der Waals surface area (Å²) in [5.41, 5.74) is 1.54. The SMILES string of the molecule is C/C=C/[C@@H](C)[C@@H](C)/C(=C\C)N1CCCC1. The van der Waals surface area contributed by atoms with E-state index in [1.165, 1.54) is 31.6 Å². The Balaban J connectivity index is 2.65. The van der Waals surface area contributed by atoms with Crippen molar-refractivity contribution in [3.8, 4) is 0 Å². The zero-order chi connectivity index (χ0) is 11.3. The van der Waals surface area contributed by atoms with Gasteiger partial charge in [0.1, 0.15) is 0 Å². The first-order valence-corrected chi connectivity index (χ1v) is 6.24. The average molecular weight is 207 g/mol. The molecule has 1 aliphatic rings. The smallest absolute Gasteiger partial charge is 0.0175 e. The molecule has 1 aliphatic heterocycles. The highest BCUT2D eigenvalue weighted by Gasteiger charge is 2.21. The van der Waals surface area contributed by atoms with Crippen molar-refractivity contribution in [3.63, 3.8) is 0 Å². The van der Waals surface area contributed by atoms with Gasteiger partial charge in [0.25, 0.3) is 0 Å². The summed E-state index contributed by atoms with van der Waals surface area (Å²) < 4.78 is 0. The van der Waals surface area contributed by atoms with E-state index in [4.69, 9.17) is 0 Å². The molecule has 0 radical (unpaired) electrons. The molecule has 15 heavy (non-hydrogen) atoms. The third-order valence-electron chi connectivity index (χ3n) is 3.52. The third kappa shape index (κ3) is 3.12. The first kappa shape index (κ1) is 12.4. The molecule has 1 saturated heterocycles. The van der Waals surface area contributed by atoms with Crippen LogP contribution in [0, 0.1) is 11.8 Å². The van der Waals surface area contributed by atoms with Gasteiger partial charge in [-0.2, -0.15) is 0 Å². The summed E-state index contributed by atoms with van der Waals surface area (Å²) in [7, 11) is 0. The lowest BCUT2D eigenvalue weighted by Gasteiger charge is -2.29. The molecule has 0 unspecified atom stereocenters. The molecule has 0 bridgehead atoms. The minimum atomic E-state index is 0.641. The Labute approximate surface area is 94.9 Å². The van der Waals surface area contributed by atoms with Gasteiger partial charge in [-0.3, -0.25) is 0 Å². The summed E-state index contributed by atoms with van der Waals surface area (Å²) in [6.07, 6.45) is 9.50. The quantitative estimate of drug-likeness (QED) is 0.633. The molecule has 86 valence electrons. The molecule has 0 aliphatic carbocycles. The maximum Gasteiger partial charge on any atom is 0.0175 e. The van der Waals surface area contributed by atoms with E-state index in [1.54, 1.807) is 0 Å². The maximum atomic E-state index is 2.56. The van der Waals surface area contributed by atoms with E-state index < -0.39 is 0 Å². The fourth-order valence-electron chi connectivity index (χ4n) is 2.45. The van der Waals surface area contributed by atoms with Crippen molar-refractivity contribution in [2.75, 3.05) is 13.1 Å². The molecular formula is C14H25N. The lowest BCUT2D eigenvalue weighted by atomic mass is 9.91. The van der Waals surface area contributed by atoms with Crippen LogP contribution in [-0.4, -0.2) is 18.0 Å². The van der Waals surface area contributed by atoms with Crippen molar-refractivity contribution < 1.29 is 0 Å². The molecule has 0 N–H and O–H groups in total. The van der Waals surface area contributed by atoms with Crippen LogP contribution in [0.15, 0.2) is 23.9 Å². The van der Waals surface area contributed by atoms with Gasteiger partial charge in [-0.05, 0) is 32.6 Å². The Kier molecular flexibility index (Phi) is 4.93. The van der Waals surface area contributed by atoms with Crippen molar-refractivity contribution in [1.82, 2.24) is 4.90 Å². The Hall–Kier alpha value is -0.720. The van der Waals surface area contributed by atoms with Gasteiger partial charge >= 0.3 is 0 Å². The molecule has 1 fully saturated rings. The van der Waals surface area contributed by atoms with Crippen LogP contribution >= 0.6 is 0 Å². The Morgan fingerprint density at radius 2 is 1.73 bits per heavy atom. The van der Waals surface area contributed by atoms with Gasteiger partial charge in [0.2, 0.25) is 0 Å². The summed E-state index contributed by atoms with van der Waals surface area (Å²) in [5.74, 6) is 1.28. The number of nitrogens with zero attached hydrogens (tertiary/aromatic N) is 1. The Bertz CT molecular complexity index is 234. The fourth-order valence-corrected chi connectivity index (χ4v) is 2.45. The number of hydrogen-bond acceptors (Lipinski definition) is 1. The van der Waals surface area contributed by atoms with E-state index >= 15 is 0 Å². The van der Waals surface area contributed by atoms with Gasteiger partial charge in [0.05, 0.1) is 0 Å². The largest absolute Gasteiger partial charge is 0.375 e. The summed E-state index contributed by atoms with van der Waals surface area (Å²) in [6.45, 7) is 11.4. The highest BCUT2D eigenvalue weighted by atomic mass is 15.2. The molecule has 1 rings (SSSR count). The Morgan fingerprint density at radius 3 is 2.20 bits per heavy atom. The number of hydrogen-bond donors (Lipinski definition) is 0. The molecule has 0 aromatic carbocycles.